The quantitative estimate of drug-likeness (QED) is 0.572. The van der Waals surface area contributed by atoms with Crippen LogP contribution in [0, 0.1) is 5.82 Å². The molecule has 2 aromatic rings. The molecule has 0 bridgehead atoms. The Morgan fingerprint density at radius 3 is 2.38 bits per heavy atom. The first-order valence-electron chi connectivity index (χ1n) is 7.74. The summed E-state index contributed by atoms with van der Waals surface area (Å²) >= 11 is 0. The van der Waals surface area contributed by atoms with Crippen LogP contribution in [0.15, 0.2) is 48.5 Å². The first-order chi connectivity index (χ1) is 11.5. The average molecular weight is 329 g/mol. The molecule has 126 valence electrons. The highest BCUT2D eigenvalue weighted by Gasteiger charge is 2.13. The molecule has 5 heteroatoms. The van der Waals surface area contributed by atoms with Gasteiger partial charge < -0.3 is 9.64 Å². The second kappa shape index (κ2) is 8.24. The molecule has 0 aromatic heterocycles. The predicted octanol–water partition coefficient (Wildman–Crippen LogP) is 3.85. The van der Waals surface area contributed by atoms with Crippen LogP contribution in [-0.2, 0) is 4.79 Å². The van der Waals surface area contributed by atoms with Crippen molar-refractivity contribution in [2.24, 2.45) is 0 Å². The smallest absolute Gasteiger partial charge is 0.226 e. The molecule has 0 saturated heterocycles. The van der Waals surface area contributed by atoms with Gasteiger partial charge >= 0.3 is 0 Å². The maximum Gasteiger partial charge on any atom is 0.226 e. The van der Waals surface area contributed by atoms with Crippen molar-refractivity contribution < 1.29 is 18.7 Å². The summed E-state index contributed by atoms with van der Waals surface area (Å²) in [6.45, 7) is 1.88. The number of hydrogen-bond acceptors (Lipinski definition) is 3. The highest BCUT2D eigenvalue weighted by molar-refractivity contribution is 5.94. The molecule has 0 aliphatic heterocycles. The number of amides is 1. The second-order valence-electron chi connectivity index (χ2n) is 5.44. The lowest BCUT2D eigenvalue weighted by molar-refractivity contribution is -0.118. The van der Waals surface area contributed by atoms with Crippen molar-refractivity contribution in [2.45, 2.75) is 19.8 Å². The summed E-state index contributed by atoms with van der Waals surface area (Å²) in [6, 6.07) is 13.0. The fourth-order valence-corrected chi connectivity index (χ4v) is 2.23. The Kier molecular flexibility index (Phi) is 6.07. The fraction of sp³-hybridized carbons (Fsp3) is 0.263. The van der Waals surface area contributed by atoms with Crippen LogP contribution in [0.5, 0.6) is 5.75 Å². The van der Waals surface area contributed by atoms with Crippen LogP contribution in [0.2, 0.25) is 0 Å². The molecule has 0 heterocycles. The van der Waals surface area contributed by atoms with Gasteiger partial charge in [0.2, 0.25) is 5.91 Å². The summed E-state index contributed by atoms with van der Waals surface area (Å²) in [5.41, 5.74) is 0.896. The molecule has 2 rings (SSSR count). The molecule has 1 amide bonds. The van der Waals surface area contributed by atoms with Gasteiger partial charge in [-0.2, -0.15) is 0 Å². The van der Waals surface area contributed by atoms with Crippen molar-refractivity contribution in [3.8, 4) is 5.75 Å². The lowest BCUT2D eigenvalue weighted by Gasteiger charge is -2.18. The topological polar surface area (TPSA) is 46.6 Å². The van der Waals surface area contributed by atoms with Gasteiger partial charge in [0, 0.05) is 19.0 Å². The van der Waals surface area contributed by atoms with E-state index in [2.05, 4.69) is 0 Å². The third kappa shape index (κ3) is 4.65. The monoisotopic (exact) mass is 329 g/mol. The summed E-state index contributed by atoms with van der Waals surface area (Å²) < 4.78 is 19.2. The van der Waals surface area contributed by atoms with E-state index in [1.807, 2.05) is 0 Å². The SMILES string of the molecule is CC(=O)c1ccc(OCCCC(=O)N(C)c2ccccc2F)cc1. The maximum atomic E-state index is 13.7. The Hall–Kier alpha value is -2.69. The van der Waals surface area contributed by atoms with Crippen LogP contribution in [0.4, 0.5) is 10.1 Å². The van der Waals surface area contributed by atoms with Gasteiger partial charge in [-0.05, 0) is 49.7 Å². The number of nitrogens with zero attached hydrogens (tertiary/aromatic N) is 1. The van der Waals surface area contributed by atoms with Crippen molar-refractivity contribution in [1.29, 1.82) is 0 Å². The molecule has 0 aliphatic rings. The number of para-hydroxylation sites is 1. The number of ether oxygens (including phenoxy) is 1. The molecular weight excluding hydrogens is 309 g/mol. The molecule has 24 heavy (non-hydrogen) atoms. The maximum absolute atomic E-state index is 13.7. The zero-order valence-electron chi connectivity index (χ0n) is 13.8. The molecule has 0 spiro atoms. The van der Waals surface area contributed by atoms with Crippen molar-refractivity contribution in [2.75, 3.05) is 18.6 Å². The van der Waals surface area contributed by atoms with Gasteiger partial charge in [-0.25, -0.2) is 4.39 Å². The Balaban J connectivity index is 1.78. The lowest BCUT2D eigenvalue weighted by Crippen LogP contribution is -2.27. The minimum absolute atomic E-state index is 0.00308. The van der Waals surface area contributed by atoms with Crippen LogP contribution in [0.3, 0.4) is 0 Å². The highest BCUT2D eigenvalue weighted by atomic mass is 19.1. The van der Waals surface area contributed by atoms with Crippen molar-refractivity contribution in [1.82, 2.24) is 0 Å². The largest absolute Gasteiger partial charge is 0.494 e. The second-order valence-corrected chi connectivity index (χ2v) is 5.44. The first-order valence-corrected chi connectivity index (χ1v) is 7.74. The molecular formula is C19H20FNO3. The number of carbonyl (C=O) groups is 2. The highest BCUT2D eigenvalue weighted by Crippen LogP contribution is 2.18. The van der Waals surface area contributed by atoms with Crippen LogP contribution < -0.4 is 9.64 Å². The summed E-state index contributed by atoms with van der Waals surface area (Å²) in [4.78, 5) is 24.6. The number of anilines is 1. The molecule has 0 fully saturated rings. The average Bonchev–Trinajstić information content (AvgIpc) is 2.58. The summed E-state index contributed by atoms with van der Waals surface area (Å²) in [5.74, 6) is 0.0593. The van der Waals surface area contributed by atoms with Gasteiger partial charge in [0.1, 0.15) is 11.6 Å². The van der Waals surface area contributed by atoms with E-state index in [4.69, 9.17) is 4.74 Å². The Morgan fingerprint density at radius 2 is 1.75 bits per heavy atom. The number of carbonyl (C=O) groups excluding carboxylic acids is 2. The van der Waals surface area contributed by atoms with E-state index in [9.17, 15) is 14.0 Å². The van der Waals surface area contributed by atoms with Gasteiger partial charge in [0.25, 0.3) is 0 Å². The van der Waals surface area contributed by atoms with Crippen molar-refractivity contribution in [3.05, 3.63) is 59.9 Å². The van der Waals surface area contributed by atoms with Gasteiger partial charge in [0.05, 0.1) is 12.3 Å². The first kappa shape index (κ1) is 17.7. The normalized spacial score (nSPS) is 10.3. The summed E-state index contributed by atoms with van der Waals surface area (Å²) in [6.07, 6.45) is 0.780. The molecule has 0 atom stereocenters. The number of benzene rings is 2. The Morgan fingerprint density at radius 1 is 1.08 bits per heavy atom. The van der Waals surface area contributed by atoms with E-state index >= 15 is 0 Å². The van der Waals surface area contributed by atoms with Crippen LogP contribution in [0.1, 0.15) is 30.1 Å². The van der Waals surface area contributed by atoms with Crippen LogP contribution >= 0.6 is 0 Å². The van der Waals surface area contributed by atoms with Gasteiger partial charge in [-0.3, -0.25) is 9.59 Å². The van der Waals surface area contributed by atoms with Gasteiger partial charge in [-0.1, -0.05) is 12.1 Å². The van der Waals surface area contributed by atoms with Gasteiger partial charge in [0.15, 0.2) is 5.78 Å². The van der Waals surface area contributed by atoms with E-state index in [-0.39, 0.29) is 23.8 Å². The molecule has 0 saturated carbocycles. The van der Waals surface area contributed by atoms with Gasteiger partial charge in [-0.15, -0.1) is 0 Å². The van der Waals surface area contributed by atoms with E-state index < -0.39 is 5.82 Å². The van der Waals surface area contributed by atoms with E-state index in [1.165, 1.54) is 17.9 Å². The third-order valence-corrected chi connectivity index (χ3v) is 3.65. The predicted molar refractivity (Wildman–Crippen MR) is 91.0 cm³/mol. The molecule has 0 N–H and O–H groups in total. The zero-order valence-corrected chi connectivity index (χ0v) is 13.8. The van der Waals surface area contributed by atoms with Crippen molar-refractivity contribution >= 4 is 17.4 Å². The third-order valence-electron chi connectivity index (χ3n) is 3.65. The minimum atomic E-state index is -0.421. The van der Waals surface area contributed by atoms with E-state index in [0.29, 0.717) is 24.3 Å². The number of hydrogen-bond donors (Lipinski definition) is 0. The lowest BCUT2D eigenvalue weighted by atomic mass is 10.1. The standard InChI is InChI=1S/C19H20FNO3/c1-14(22)15-9-11-16(12-10-15)24-13-5-8-19(23)21(2)18-7-4-3-6-17(18)20/h3-4,6-7,9-12H,5,8,13H2,1-2H3. The van der Waals surface area contributed by atoms with Crippen LogP contribution in [0.25, 0.3) is 0 Å². The number of rotatable bonds is 7. The summed E-state index contributed by atoms with van der Waals surface area (Å²) in [7, 11) is 1.56. The number of Topliss-reactive ketones (excluding diaryl/α,β-unsaturated/α-hetero) is 1. The molecule has 0 radical (unpaired) electrons. The molecule has 0 unspecified atom stereocenters. The number of halogens is 1. The minimum Gasteiger partial charge on any atom is -0.494 e. The zero-order chi connectivity index (χ0) is 17.5. The van der Waals surface area contributed by atoms with E-state index in [1.54, 1.807) is 49.5 Å². The molecule has 4 nitrogen and oxygen atoms in total. The van der Waals surface area contributed by atoms with E-state index in [0.717, 1.165) is 0 Å². The van der Waals surface area contributed by atoms with Crippen molar-refractivity contribution in [3.63, 3.8) is 0 Å². The Labute approximate surface area is 140 Å². The molecule has 0 aliphatic carbocycles. The number of ketones is 1. The van der Waals surface area contributed by atoms with Crippen LogP contribution in [-0.4, -0.2) is 25.3 Å². The summed E-state index contributed by atoms with van der Waals surface area (Å²) in [5, 5.41) is 0. The molecule has 2 aromatic carbocycles. The fourth-order valence-electron chi connectivity index (χ4n) is 2.23. The Bertz CT molecular complexity index is 713.